The first-order chi connectivity index (χ1) is 14.1. The topological polar surface area (TPSA) is 103 Å². The number of hydrogen-bond acceptors (Lipinski definition) is 6. The lowest BCUT2D eigenvalue weighted by Crippen LogP contribution is -2.34. The molecule has 8 nitrogen and oxygen atoms in total. The van der Waals surface area contributed by atoms with Gasteiger partial charge in [-0.05, 0) is 51.4 Å². The molecule has 2 fully saturated rings. The van der Waals surface area contributed by atoms with E-state index in [-0.39, 0.29) is 23.3 Å². The number of nitrogens with zero attached hydrogens (tertiary/aromatic N) is 3. The number of benzene rings is 1. The molecule has 2 atom stereocenters. The molecule has 4 rings (SSSR count). The van der Waals surface area contributed by atoms with Crippen LogP contribution in [0, 0.1) is 17.2 Å². The molecular weight excluding hydrogens is 370 g/mol. The minimum Gasteiger partial charge on any atom is -0.494 e. The van der Waals surface area contributed by atoms with E-state index in [1.54, 1.807) is 17.7 Å². The van der Waals surface area contributed by atoms with Crippen LogP contribution in [0.2, 0.25) is 0 Å². The van der Waals surface area contributed by atoms with Gasteiger partial charge in [-0.25, -0.2) is 4.79 Å². The SMILES string of the molecule is COc1c(C(C2CCNC2)N(C)CCC#N)ccc2c(=O)[nH]c(=O)n(C3CC3)c12. The zero-order valence-electron chi connectivity index (χ0n) is 16.9. The third-order valence-electron chi connectivity index (χ3n) is 6.12. The number of methoxy groups -OCH3 is 1. The van der Waals surface area contributed by atoms with E-state index < -0.39 is 0 Å². The minimum atomic E-state index is -0.385. The lowest BCUT2D eigenvalue weighted by Gasteiger charge is -2.34. The van der Waals surface area contributed by atoms with Gasteiger partial charge in [0, 0.05) is 30.6 Å². The Hall–Kier alpha value is -2.63. The van der Waals surface area contributed by atoms with E-state index in [1.165, 1.54) is 0 Å². The average Bonchev–Trinajstić information content (AvgIpc) is 3.40. The van der Waals surface area contributed by atoms with E-state index >= 15 is 0 Å². The number of hydrogen-bond donors (Lipinski definition) is 2. The molecular formula is C21H27N5O3. The molecule has 2 heterocycles. The molecule has 2 N–H and O–H groups in total. The van der Waals surface area contributed by atoms with Gasteiger partial charge in [-0.2, -0.15) is 5.26 Å². The molecule has 1 saturated carbocycles. The molecule has 2 aliphatic rings. The first-order valence-electron chi connectivity index (χ1n) is 10.2. The number of nitrogens with one attached hydrogen (secondary N) is 2. The predicted octanol–water partition coefficient (Wildman–Crippen LogP) is 1.53. The summed E-state index contributed by atoms with van der Waals surface area (Å²) in [6, 6.07) is 6.11. The largest absolute Gasteiger partial charge is 0.494 e. The van der Waals surface area contributed by atoms with Crippen LogP contribution in [0.3, 0.4) is 0 Å². The third-order valence-corrected chi connectivity index (χ3v) is 6.12. The van der Waals surface area contributed by atoms with Gasteiger partial charge >= 0.3 is 5.69 Å². The first kappa shape index (κ1) is 19.7. The molecule has 8 heteroatoms. The van der Waals surface area contributed by atoms with Gasteiger partial charge in [-0.3, -0.25) is 19.2 Å². The molecule has 1 aromatic heterocycles. The Balaban J connectivity index is 1.93. The van der Waals surface area contributed by atoms with Crippen LogP contribution in [0.4, 0.5) is 0 Å². The van der Waals surface area contributed by atoms with Gasteiger partial charge in [0.25, 0.3) is 5.56 Å². The molecule has 1 saturated heterocycles. The summed E-state index contributed by atoms with van der Waals surface area (Å²) >= 11 is 0. The molecule has 154 valence electrons. The third kappa shape index (κ3) is 3.56. The van der Waals surface area contributed by atoms with Crippen molar-refractivity contribution in [2.45, 2.75) is 37.8 Å². The summed E-state index contributed by atoms with van der Waals surface area (Å²) in [5.74, 6) is 0.950. The average molecular weight is 397 g/mol. The summed E-state index contributed by atoms with van der Waals surface area (Å²) in [6.07, 6.45) is 3.31. The van der Waals surface area contributed by atoms with E-state index in [4.69, 9.17) is 10.00 Å². The van der Waals surface area contributed by atoms with E-state index in [0.717, 1.165) is 37.9 Å². The van der Waals surface area contributed by atoms with Crippen LogP contribution in [0.5, 0.6) is 5.75 Å². The lowest BCUT2D eigenvalue weighted by molar-refractivity contribution is 0.184. The van der Waals surface area contributed by atoms with Crippen LogP contribution in [0.25, 0.3) is 10.9 Å². The molecule has 29 heavy (non-hydrogen) atoms. The summed E-state index contributed by atoms with van der Waals surface area (Å²) in [6.45, 7) is 2.48. The van der Waals surface area contributed by atoms with Crippen LogP contribution < -0.4 is 21.3 Å². The van der Waals surface area contributed by atoms with Crippen molar-refractivity contribution in [3.05, 3.63) is 38.5 Å². The van der Waals surface area contributed by atoms with Gasteiger partial charge in [-0.15, -0.1) is 0 Å². The maximum Gasteiger partial charge on any atom is 0.329 e. The molecule has 1 aliphatic carbocycles. The number of fused-ring (bicyclic) bond motifs is 1. The molecule has 1 aromatic carbocycles. The summed E-state index contributed by atoms with van der Waals surface area (Å²) in [7, 11) is 3.62. The second-order valence-electron chi connectivity index (χ2n) is 8.03. The highest BCUT2D eigenvalue weighted by Crippen LogP contribution is 2.42. The highest BCUT2D eigenvalue weighted by molar-refractivity contribution is 5.86. The summed E-state index contributed by atoms with van der Waals surface area (Å²) in [5, 5.41) is 12.9. The van der Waals surface area contributed by atoms with Crippen LogP contribution in [-0.2, 0) is 0 Å². The maximum atomic E-state index is 12.6. The lowest BCUT2D eigenvalue weighted by atomic mass is 9.89. The number of H-pyrrole nitrogens is 1. The van der Waals surface area contributed by atoms with Crippen molar-refractivity contribution in [3.63, 3.8) is 0 Å². The maximum absolute atomic E-state index is 12.6. The molecule has 0 radical (unpaired) electrons. The number of ether oxygens (including phenoxy) is 1. The van der Waals surface area contributed by atoms with Crippen molar-refractivity contribution in [3.8, 4) is 11.8 Å². The minimum absolute atomic E-state index is 0.0275. The fourth-order valence-corrected chi connectivity index (χ4v) is 4.63. The van der Waals surface area contributed by atoms with Gasteiger partial charge in [0.05, 0.1) is 18.6 Å². The van der Waals surface area contributed by atoms with Gasteiger partial charge in [0.15, 0.2) is 0 Å². The van der Waals surface area contributed by atoms with Crippen molar-refractivity contribution in [1.29, 1.82) is 5.26 Å². The summed E-state index contributed by atoms with van der Waals surface area (Å²) < 4.78 is 7.55. The molecule has 1 aliphatic heterocycles. The first-order valence-corrected chi connectivity index (χ1v) is 10.2. The van der Waals surface area contributed by atoms with Crippen molar-refractivity contribution < 1.29 is 4.74 Å². The van der Waals surface area contributed by atoms with Crippen LogP contribution in [0.1, 0.15) is 43.3 Å². The van der Waals surface area contributed by atoms with Crippen molar-refractivity contribution in [1.82, 2.24) is 19.8 Å². The Bertz CT molecular complexity index is 1060. The fraction of sp³-hybridized carbons (Fsp3) is 0.571. The monoisotopic (exact) mass is 397 g/mol. The Morgan fingerprint density at radius 1 is 1.34 bits per heavy atom. The Morgan fingerprint density at radius 2 is 2.14 bits per heavy atom. The quantitative estimate of drug-likeness (QED) is 0.734. The number of aromatic nitrogens is 2. The van der Waals surface area contributed by atoms with Crippen molar-refractivity contribution >= 4 is 10.9 Å². The normalized spacial score (nSPS) is 20.1. The number of rotatable bonds is 7. The standard InChI is InChI=1S/C21H27N5O3/c1-25(11-3-9-22)17(13-8-10-23-12-13)15-6-7-16-18(19(15)29-2)26(14-4-5-14)21(28)24-20(16)27/h6-7,13-14,17,23H,3-5,8,10-12H2,1-2H3,(H,24,27,28). The molecule has 2 aromatic rings. The zero-order chi connectivity index (χ0) is 20.5. The summed E-state index contributed by atoms with van der Waals surface area (Å²) in [5.41, 5.74) is 0.792. The van der Waals surface area contributed by atoms with Crippen molar-refractivity contribution in [2.24, 2.45) is 5.92 Å². The van der Waals surface area contributed by atoms with Gasteiger partial charge < -0.3 is 10.1 Å². The molecule has 2 unspecified atom stereocenters. The smallest absolute Gasteiger partial charge is 0.329 e. The van der Waals surface area contributed by atoms with E-state index in [1.807, 2.05) is 13.1 Å². The highest BCUT2D eigenvalue weighted by atomic mass is 16.5. The van der Waals surface area contributed by atoms with Crippen LogP contribution in [-0.4, -0.2) is 48.2 Å². The fourth-order valence-electron chi connectivity index (χ4n) is 4.63. The Morgan fingerprint density at radius 3 is 2.76 bits per heavy atom. The number of aromatic amines is 1. The Kier molecular flexibility index (Phi) is 5.43. The number of nitriles is 1. The predicted molar refractivity (Wildman–Crippen MR) is 110 cm³/mol. The molecule has 0 bridgehead atoms. The second kappa shape index (κ2) is 8.01. The van der Waals surface area contributed by atoms with Crippen LogP contribution in [0.15, 0.2) is 21.7 Å². The molecule has 0 spiro atoms. The summed E-state index contributed by atoms with van der Waals surface area (Å²) in [4.78, 5) is 29.7. The Labute approximate surface area is 169 Å². The van der Waals surface area contributed by atoms with Crippen molar-refractivity contribution in [2.75, 3.05) is 33.8 Å². The second-order valence-corrected chi connectivity index (χ2v) is 8.03. The van der Waals surface area contributed by atoms with Gasteiger partial charge in [-0.1, -0.05) is 6.07 Å². The highest BCUT2D eigenvalue weighted by Gasteiger charge is 2.34. The van der Waals surface area contributed by atoms with Crippen LogP contribution >= 0.6 is 0 Å². The van der Waals surface area contributed by atoms with Gasteiger partial charge in [0.2, 0.25) is 0 Å². The molecule has 0 amide bonds. The van der Waals surface area contributed by atoms with E-state index in [2.05, 4.69) is 21.3 Å². The van der Waals surface area contributed by atoms with Gasteiger partial charge in [0.1, 0.15) is 11.3 Å². The van der Waals surface area contributed by atoms with E-state index in [9.17, 15) is 9.59 Å². The zero-order valence-corrected chi connectivity index (χ0v) is 16.9. The van der Waals surface area contributed by atoms with E-state index in [0.29, 0.717) is 35.5 Å².